The van der Waals surface area contributed by atoms with Crippen LogP contribution in [-0.2, 0) is 4.79 Å². The second-order valence-electron chi connectivity index (χ2n) is 3.19. The van der Waals surface area contributed by atoms with Crippen molar-refractivity contribution in [1.29, 1.82) is 0 Å². The van der Waals surface area contributed by atoms with Crippen LogP contribution in [0.3, 0.4) is 0 Å². The number of nitrogens with one attached hydrogen (secondary N) is 1. The summed E-state index contributed by atoms with van der Waals surface area (Å²) in [5.74, 6) is -0.166. The maximum atomic E-state index is 11.4. The van der Waals surface area contributed by atoms with Crippen molar-refractivity contribution in [3.8, 4) is 5.75 Å². The van der Waals surface area contributed by atoms with Gasteiger partial charge in [0, 0.05) is 5.02 Å². The summed E-state index contributed by atoms with van der Waals surface area (Å²) in [6.07, 6.45) is -0.847. The number of hydrogen-bond acceptors (Lipinski definition) is 3. The Kier molecular flexibility index (Phi) is 4.77. The minimum atomic E-state index is -0.916. The highest BCUT2D eigenvalue weighted by molar-refractivity contribution is 9.10. The Morgan fingerprint density at radius 2 is 2.18 bits per heavy atom. The van der Waals surface area contributed by atoms with Crippen molar-refractivity contribution in [1.82, 2.24) is 5.32 Å². The number of urea groups is 1. The third-order valence-electron chi connectivity index (χ3n) is 1.81. The van der Waals surface area contributed by atoms with Gasteiger partial charge in [0.25, 0.3) is 5.91 Å². The Balaban J connectivity index is 2.70. The van der Waals surface area contributed by atoms with E-state index >= 15 is 0 Å². The van der Waals surface area contributed by atoms with Gasteiger partial charge in [-0.05, 0) is 41.1 Å². The predicted octanol–water partition coefficient (Wildman–Crippen LogP) is 2.06. The molecule has 0 aliphatic carbocycles. The molecular weight excluding hydrogens is 311 g/mol. The van der Waals surface area contributed by atoms with Gasteiger partial charge in [-0.25, -0.2) is 4.79 Å². The maximum Gasteiger partial charge on any atom is 0.318 e. The van der Waals surface area contributed by atoms with Crippen molar-refractivity contribution in [2.75, 3.05) is 0 Å². The number of hydrogen-bond donors (Lipinski definition) is 2. The third kappa shape index (κ3) is 4.24. The van der Waals surface area contributed by atoms with Gasteiger partial charge < -0.3 is 10.5 Å². The molecule has 5 nitrogen and oxygen atoms in total. The lowest BCUT2D eigenvalue weighted by atomic mass is 10.3. The monoisotopic (exact) mass is 320 g/mol. The number of benzene rings is 1. The van der Waals surface area contributed by atoms with Gasteiger partial charge in [0.05, 0.1) is 4.47 Å². The fourth-order valence-corrected chi connectivity index (χ4v) is 1.81. The van der Waals surface area contributed by atoms with Gasteiger partial charge in [-0.2, -0.15) is 0 Å². The summed E-state index contributed by atoms with van der Waals surface area (Å²) in [5, 5.41) is 2.47. The average Bonchev–Trinajstić information content (AvgIpc) is 2.21. The first-order chi connectivity index (χ1) is 7.90. The molecule has 1 rings (SSSR count). The van der Waals surface area contributed by atoms with Crippen molar-refractivity contribution >= 4 is 39.5 Å². The van der Waals surface area contributed by atoms with E-state index in [4.69, 9.17) is 22.1 Å². The van der Waals surface area contributed by atoms with E-state index in [2.05, 4.69) is 15.9 Å². The molecule has 3 amide bonds. The fourth-order valence-electron chi connectivity index (χ4n) is 1.04. The van der Waals surface area contributed by atoms with E-state index in [-0.39, 0.29) is 0 Å². The van der Waals surface area contributed by atoms with Crippen molar-refractivity contribution in [2.45, 2.75) is 13.0 Å². The average molecular weight is 322 g/mol. The number of primary amides is 1. The first-order valence-electron chi connectivity index (χ1n) is 4.62. The van der Waals surface area contributed by atoms with Gasteiger partial charge in [-0.15, -0.1) is 0 Å². The molecule has 0 bridgehead atoms. The van der Waals surface area contributed by atoms with E-state index in [1.807, 2.05) is 5.32 Å². The molecule has 0 aliphatic rings. The molecule has 3 N–H and O–H groups in total. The van der Waals surface area contributed by atoms with Crippen LogP contribution < -0.4 is 15.8 Å². The minimum Gasteiger partial charge on any atom is -0.480 e. The van der Waals surface area contributed by atoms with Crippen LogP contribution in [0.1, 0.15) is 6.92 Å². The number of rotatable bonds is 3. The fraction of sp³-hybridized carbons (Fsp3) is 0.200. The Morgan fingerprint density at radius 3 is 2.71 bits per heavy atom. The third-order valence-corrected chi connectivity index (χ3v) is 2.67. The molecule has 0 aliphatic heterocycles. The minimum absolute atomic E-state index is 0.446. The molecule has 0 fully saturated rings. The zero-order chi connectivity index (χ0) is 13.0. The quantitative estimate of drug-likeness (QED) is 0.894. The van der Waals surface area contributed by atoms with E-state index in [1.165, 1.54) is 6.92 Å². The first kappa shape index (κ1) is 13.8. The summed E-state index contributed by atoms with van der Waals surface area (Å²) < 4.78 is 5.95. The van der Waals surface area contributed by atoms with Gasteiger partial charge >= 0.3 is 6.03 Å². The van der Waals surface area contributed by atoms with Crippen LogP contribution in [0.4, 0.5) is 4.79 Å². The molecule has 0 saturated heterocycles. The summed E-state index contributed by atoms with van der Waals surface area (Å²) in [6, 6.07) is 3.96. The van der Waals surface area contributed by atoms with Crippen LogP contribution in [-0.4, -0.2) is 18.0 Å². The lowest BCUT2D eigenvalue weighted by Crippen LogP contribution is -2.42. The zero-order valence-corrected chi connectivity index (χ0v) is 11.2. The van der Waals surface area contributed by atoms with Crippen LogP contribution in [0.15, 0.2) is 22.7 Å². The molecule has 0 saturated carbocycles. The highest BCUT2D eigenvalue weighted by Crippen LogP contribution is 2.28. The maximum absolute atomic E-state index is 11.4. The van der Waals surface area contributed by atoms with E-state index in [0.29, 0.717) is 15.2 Å². The SMILES string of the molecule is C[C@H](Oc1ccc(Cl)cc1Br)C(=O)NC(N)=O. The van der Waals surface area contributed by atoms with Gasteiger partial charge in [0.15, 0.2) is 6.10 Å². The largest absolute Gasteiger partial charge is 0.480 e. The summed E-state index contributed by atoms with van der Waals surface area (Å²) in [4.78, 5) is 21.8. The lowest BCUT2D eigenvalue weighted by molar-refractivity contribution is -0.126. The van der Waals surface area contributed by atoms with Gasteiger partial charge in [0.1, 0.15) is 5.75 Å². The summed E-state index contributed by atoms with van der Waals surface area (Å²) >= 11 is 9.00. The van der Waals surface area contributed by atoms with E-state index in [1.54, 1.807) is 18.2 Å². The Bertz CT molecular complexity index is 453. The predicted molar refractivity (Wildman–Crippen MR) is 67.0 cm³/mol. The molecule has 0 unspecified atom stereocenters. The molecule has 92 valence electrons. The first-order valence-corrected chi connectivity index (χ1v) is 5.79. The zero-order valence-electron chi connectivity index (χ0n) is 8.87. The molecule has 1 atom stereocenters. The smallest absolute Gasteiger partial charge is 0.318 e. The van der Waals surface area contributed by atoms with Crippen LogP contribution in [0.2, 0.25) is 5.02 Å². The summed E-state index contributed by atoms with van der Waals surface area (Å²) in [7, 11) is 0. The molecule has 17 heavy (non-hydrogen) atoms. The summed E-state index contributed by atoms with van der Waals surface area (Å²) in [5.41, 5.74) is 4.82. The van der Waals surface area contributed by atoms with Gasteiger partial charge in [-0.1, -0.05) is 11.6 Å². The Morgan fingerprint density at radius 1 is 1.53 bits per heavy atom. The molecule has 0 aromatic heterocycles. The number of ether oxygens (including phenoxy) is 1. The Hall–Kier alpha value is -1.27. The van der Waals surface area contributed by atoms with Crippen molar-refractivity contribution in [3.05, 3.63) is 27.7 Å². The molecule has 1 aromatic rings. The number of carbonyl (C=O) groups is 2. The van der Waals surface area contributed by atoms with E-state index in [0.717, 1.165) is 0 Å². The van der Waals surface area contributed by atoms with Crippen molar-refractivity contribution in [2.24, 2.45) is 5.73 Å². The number of amides is 3. The van der Waals surface area contributed by atoms with Gasteiger partial charge in [-0.3, -0.25) is 10.1 Å². The Labute approximate surface area is 111 Å². The molecular formula is C10H10BrClN2O3. The molecule has 0 radical (unpaired) electrons. The number of carbonyl (C=O) groups excluding carboxylic acids is 2. The molecule has 1 aromatic carbocycles. The number of halogens is 2. The second kappa shape index (κ2) is 5.88. The normalized spacial score (nSPS) is 11.7. The van der Waals surface area contributed by atoms with Crippen molar-refractivity contribution < 1.29 is 14.3 Å². The van der Waals surface area contributed by atoms with Crippen LogP contribution in [0, 0.1) is 0 Å². The van der Waals surface area contributed by atoms with Crippen LogP contribution in [0.25, 0.3) is 0 Å². The molecule has 0 heterocycles. The lowest BCUT2D eigenvalue weighted by Gasteiger charge is -2.14. The topological polar surface area (TPSA) is 81.4 Å². The highest BCUT2D eigenvalue weighted by Gasteiger charge is 2.17. The second-order valence-corrected chi connectivity index (χ2v) is 4.48. The molecule has 7 heteroatoms. The van der Waals surface area contributed by atoms with Gasteiger partial charge in [0.2, 0.25) is 0 Å². The van der Waals surface area contributed by atoms with E-state index in [9.17, 15) is 9.59 Å². The summed E-state index contributed by atoms with van der Waals surface area (Å²) in [6.45, 7) is 1.50. The standard InChI is InChI=1S/C10H10BrClN2O3/c1-5(9(15)14-10(13)16)17-8-3-2-6(12)4-7(8)11/h2-5H,1H3,(H3,13,14,15,16)/t5-/m0/s1. The number of imide groups is 1. The molecule has 0 spiro atoms. The van der Waals surface area contributed by atoms with E-state index < -0.39 is 18.0 Å². The van der Waals surface area contributed by atoms with Crippen LogP contribution in [0.5, 0.6) is 5.75 Å². The van der Waals surface area contributed by atoms with Crippen LogP contribution >= 0.6 is 27.5 Å². The number of nitrogens with two attached hydrogens (primary N) is 1. The van der Waals surface area contributed by atoms with Crippen molar-refractivity contribution in [3.63, 3.8) is 0 Å². The highest BCUT2D eigenvalue weighted by atomic mass is 79.9.